The first-order valence-corrected chi connectivity index (χ1v) is 7.63. The molecule has 0 saturated heterocycles. The number of sulfonamides is 1. The largest absolute Gasteiger partial charge is 0.340 e. The molecule has 1 N–H and O–H groups in total. The number of amides is 2. The third kappa shape index (κ3) is 2.14. The Morgan fingerprint density at radius 3 is 2.57 bits per heavy atom. The number of hydrogen-bond acceptors (Lipinski definition) is 3. The Labute approximate surface area is 125 Å². The fraction of sp³-hybridized carbons (Fsp3) is 0. The lowest BCUT2D eigenvalue weighted by Crippen LogP contribution is -2.44. The highest BCUT2D eigenvalue weighted by atomic mass is 35.5. The molecule has 0 radical (unpaired) electrons. The Morgan fingerprint density at radius 2 is 1.86 bits per heavy atom. The van der Waals surface area contributed by atoms with E-state index in [1.54, 1.807) is 12.1 Å². The molecule has 2 aromatic carbocycles. The summed E-state index contributed by atoms with van der Waals surface area (Å²) >= 11 is 5.96. The molecule has 0 bridgehead atoms. The van der Waals surface area contributed by atoms with Crippen LogP contribution in [0, 0.1) is 5.82 Å². The van der Waals surface area contributed by atoms with E-state index in [2.05, 4.69) is 5.32 Å². The normalized spacial score (nSPS) is 16.3. The van der Waals surface area contributed by atoms with Crippen molar-refractivity contribution in [3.05, 3.63) is 53.3 Å². The number of benzene rings is 2. The van der Waals surface area contributed by atoms with Crippen molar-refractivity contribution in [1.82, 2.24) is 0 Å². The van der Waals surface area contributed by atoms with Crippen LogP contribution in [0.3, 0.4) is 0 Å². The molecule has 1 aliphatic heterocycles. The molecule has 0 aromatic heterocycles. The van der Waals surface area contributed by atoms with Gasteiger partial charge in [-0.05, 0) is 30.3 Å². The van der Waals surface area contributed by atoms with E-state index in [0.717, 1.165) is 18.2 Å². The maximum Gasteiger partial charge on any atom is 0.340 e. The number of anilines is 2. The van der Waals surface area contributed by atoms with Crippen LogP contribution in [-0.4, -0.2) is 14.4 Å². The zero-order valence-corrected chi connectivity index (χ0v) is 12.0. The van der Waals surface area contributed by atoms with Gasteiger partial charge < -0.3 is 5.32 Å². The molecule has 108 valence electrons. The minimum absolute atomic E-state index is 0.0339. The van der Waals surface area contributed by atoms with Crippen LogP contribution in [0.25, 0.3) is 0 Å². The molecule has 2 aromatic rings. The highest BCUT2D eigenvalue weighted by Crippen LogP contribution is 2.36. The Balaban J connectivity index is 2.23. The molecule has 0 unspecified atom stereocenters. The number of rotatable bonds is 1. The Kier molecular flexibility index (Phi) is 3.11. The van der Waals surface area contributed by atoms with Crippen molar-refractivity contribution in [2.45, 2.75) is 4.90 Å². The van der Waals surface area contributed by atoms with Crippen molar-refractivity contribution >= 4 is 39.0 Å². The van der Waals surface area contributed by atoms with Gasteiger partial charge in [0.05, 0.1) is 16.4 Å². The molecule has 21 heavy (non-hydrogen) atoms. The summed E-state index contributed by atoms with van der Waals surface area (Å²) in [5, 5.41) is 2.45. The summed E-state index contributed by atoms with van der Waals surface area (Å²) in [5.41, 5.74) is -0.0602. The van der Waals surface area contributed by atoms with Crippen molar-refractivity contribution in [2.75, 3.05) is 9.62 Å². The second kappa shape index (κ2) is 4.71. The van der Waals surface area contributed by atoms with Gasteiger partial charge in [-0.2, -0.15) is 4.31 Å². The molecule has 2 amide bonds. The number of nitrogens with zero attached hydrogens (tertiary/aromatic N) is 1. The minimum Gasteiger partial charge on any atom is -0.305 e. The summed E-state index contributed by atoms with van der Waals surface area (Å²) in [6.07, 6.45) is 0. The molecule has 0 aliphatic carbocycles. The van der Waals surface area contributed by atoms with Crippen LogP contribution in [0.4, 0.5) is 20.6 Å². The van der Waals surface area contributed by atoms with Gasteiger partial charge in [0, 0.05) is 0 Å². The molecule has 0 atom stereocenters. The van der Waals surface area contributed by atoms with Gasteiger partial charge in [-0.3, -0.25) is 0 Å². The van der Waals surface area contributed by atoms with Gasteiger partial charge in [0.25, 0.3) is 10.0 Å². The van der Waals surface area contributed by atoms with Gasteiger partial charge in [0.1, 0.15) is 10.7 Å². The first kappa shape index (κ1) is 13.8. The summed E-state index contributed by atoms with van der Waals surface area (Å²) < 4.78 is 38.9. The smallest absolute Gasteiger partial charge is 0.305 e. The topological polar surface area (TPSA) is 66.5 Å². The zero-order chi connectivity index (χ0) is 15.2. The van der Waals surface area contributed by atoms with E-state index >= 15 is 0 Å². The van der Waals surface area contributed by atoms with Crippen molar-refractivity contribution in [3.8, 4) is 0 Å². The highest BCUT2D eigenvalue weighted by molar-refractivity contribution is 7.94. The van der Waals surface area contributed by atoms with Crippen LogP contribution in [0.1, 0.15) is 0 Å². The summed E-state index contributed by atoms with van der Waals surface area (Å²) in [6.45, 7) is 0. The zero-order valence-electron chi connectivity index (χ0n) is 10.4. The third-order valence-electron chi connectivity index (χ3n) is 2.96. The summed E-state index contributed by atoms with van der Waals surface area (Å²) in [5.74, 6) is -0.643. The van der Waals surface area contributed by atoms with Gasteiger partial charge in [0.15, 0.2) is 0 Å². The highest BCUT2D eigenvalue weighted by Gasteiger charge is 2.38. The summed E-state index contributed by atoms with van der Waals surface area (Å²) in [6, 6.07) is 8.21. The average molecular weight is 327 g/mol. The maximum atomic E-state index is 13.2. The lowest BCUT2D eigenvalue weighted by molar-refractivity contribution is 0.259. The minimum atomic E-state index is -4.15. The third-order valence-corrected chi connectivity index (χ3v) is 5.03. The van der Waals surface area contributed by atoms with Crippen molar-refractivity contribution < 1.29 is 17.6 Å². The molecular formula is C13H8ClFN2O3S. The van der Waals surface area contributed by atoms with E-state index in [-0.39, 0.29) is 21.3 Å². The molecule has 1 aliphatic rings. The SMILES string of the molecule is O=C1Nc2cc(F)ccc2S(=O)(=O)N1c1ccccc1Cl. The molecule has 0 spiro atoms. The van der Waals surface area contributed by atoms with Crippen LogP contribution >= 0.6 is 11.6 Å². The van der Waals surface area contributed by atoms with E-state index in [4.69, 9.17) is 11.6 Å². The van der Waals surface area contributed by atoms with Gasteiger partial charge >= 0.3 is 6.03 Å². The van der Waals surface area contributed by atoms with Crippen LogP contribution in [-0.2, 0) is 10.0 Å². The predicted molar refractivity (Wildman–Crippen MR) is 76.5 cm³/mol. The van der Waals surface area contributed by atoms with E-state index < -0.39 is 21.9 Å². The Morgan fingerprint density at radius 1 is 1.14 bits per heavy atom. The number of halogens is 2. The first-order chi connectivity index (χ1) is 9.91. The average Bonchev–Trinajstić information content (AvgIpc) is 2.39. The van der Waals surface area contributed by atoms with Crippen molar-refractivity contribution in [2.24, 2.45) is 0 Å². The number of para-hydroxylation sites is 1. The standard InChI is InChI=1S/C13H8ClFN2O3S/c14-9-3-1-2-4-11(9)17-13(18)16-10-7-8(15)5-6-12(10)21(17,19)20/h1-7H,(H,16,18). The molecule has 1 heterocycles. The number of hydrogen-bond donors (Lipinski definition) is 1. The number of carbonyl (C=O) groups excluding carboxylic acids is 1. The van der Waals surface area contributed by atoms with E-state index in [9.17, 15) is 17.6 Å². The molecule has 0 saturated carbocycles. The number of urea groups is 1. The molecule has 0 fully saturated rings. The van der Waals surface area contributed by atoms with Crippen molar-refractivity contribution in [3.63, 3.8) is 0 Å². The van der Waals surface area contributed by atoms with Gasteiger partial charge in [-0.25, -0.2) is 17.6 Å². The second-order valence-corrected chi connectivity index (χ2v) is 6.45. The first-order valence-electron chi connectivity index (χ1n) is 5.81. The van der Waals surface area contributed by atoms with Crippen molar-refractivity contribution in [1.29, 1.82) is 0 Å². The molecule has 5 nitrogen and oxygen atoms in total. The lowest BCUT2D eigenvalue weighted by atomic mass is 10.3. The van der Waals surface area contributed by atoms with Gasteiger partial charge in [0.2, 0.25) is 0 Å². The predicted octanol–water partition coefficient (Wildman–Crippen LogP) is 3.22. The van der Waals surface area contributed by atoms with Gasteiger partial charge in [-0.1, -0.05) is 23.7 Å². The lowest BCUT2D eigenvalue weighted by Gasteiger charge is -2.29. The van der Waals surface area contributed by atoms with Crippen LogP contribution < -0.4 is 9.62 Å². The fourth-order valence-electron chi connectivity index (χ4n) is 2.05. The van der Waals surface area contributed by atoms with Crippen LogP contribution in [0.2, 0.25) is 5.02 Å². The number of fused-ring (bicyclic) bond motifs is 1. The monoisotopic (exact) mass is 326 g/mol. The number of carbonyl (C=O) groups is 1. The van der Waals surface area contributed by atoms with Crippen LogP contribution in [0.5, 0.6) is 0 Å². The second-order valence-electron chi connectivity index (χ2n) is 4.29. The molecule has 8 heteroatoms. The Hall–Kier alpha value is -2.12. The van der Waals surface area contributed by atoms with Gasteiger partial charge in [-0.15, -0.1) is 0 Å². The quantitative estimate of drug-likeness (QED) is 0.875. The Bertz CT molecular complexity index is 854. The van der Waals surface area contributed by atoms with E-state index in [0.29, 0.717) is 4.31 Å². The van der Waals surface area contributed by atoms with Crippen LogP contribution in [0.15, 0.2) is 47.4 Å². The van der Waals surface area contributed by atoms with E-state index in [1.807, 2.05) is 0 Å². The fourth-order valence-corrected chi connectivity index (χ4v) is 3.83. The number of nitrogens with one attached hydrogen (secondary N) is 1. The molecule has 3 rings (SSSR count). The summed E-state index contributed by atoms with van der Waals surface area (Å²) in [4.78, 5) is 11.9. The maximum absolute atomic E-state index is 13.2. The summed E-state index contributed by atoms with van der Waals surface area (Å²) in [7, 11) is -4.15. The molecular weight excluding hydrogens is 319 g/mol. The van der Waals surface area contributed by atoms with E-state index in [1.165, 1.54) is 12.1 Å².